The largest absolute Gasteiger partial charge is 0.480 e. The van der Waals surface area contributed by atoms with Gasteiger partial charge in [-0.05, 0) is 12.8 Å². The summed E-state index contributed by atoms with van der Waals surface area (Å²) in [5.41, 5.74) is -1.26. The van der Waals surface area contributed by atoms with E-state index in [0.29, 0.717) is 19.6 Å². The number of carbonyl (C=O) groups is 2. The number of amides is 2. The Hall–Kier alpha value is -1.34. The second-order valence-corrected chi connectivity index (χ2v) is 5.96. The maximum absolute atomic E-state index is 12.4. The zero-order valence-corrected chi connectivity index (χ0v) is 12.4. The van der Waals surface area contributed by atoms with Crippen LogP contribution in [0.3, 0.4) is 0 Å². The van der Waals surface area contributed by atoms with Gasteiger partial charge in [0.1, 0.15) is 5.54 Å². The number of hydrogen-bond donors (Lipinski definition) is 3. The normalized spacial score (nSPS) is 28.7. The van der Waals surface area contributed by atoms with Gasteiger partial charge in [0.15, 0.2) is 0 Å². The third-order valence-electron chi connectivity index (χ3n) is 4.61. The molecule has 1 saturated carbocycles. The molecule has 2 unspecified atom stereocenters. The lowest BCUT2D eigenvalue weighted by atomic mass is 9.89. The summed E-state index contributed by atoms with van der Waals surface area (Å²) in [7, 11) is 1.61. The average Bonchev–Trinajstić information content (AvgIpc) is 2.47. The highest BCUT2D eigenvalue weighted by atomic mass is 16.5. The number of carbonyl (C=O) groups excluding carboxylic acids is 1. The van der Waals surface area contributed by atoms with E-state index in [1.165, 1.54) is 4.90 Å². The summed E-state index contributed by atoms with van der Waals surface area (Å²) >= 11 is 0. The van der Waals surface area contributed by atoms with Gasteiger partial charge in [0.2, 0.25) is 0 Å². The summed E-state index contributed by atoms with van der Waals surface area (Å²) in [6.07, 6.45) is 3.34. The lowest BCUT2D eigenvalue weighted by Crippen LogP contribution is -2.61. The van der Waals surface area contributed by atoms with Crippen LogP contribution in [0.15, 0.2) is 0 Å². The first-order chi connectivity index (χ1) is 9.96. The number of rotatable bonds is 3. The molecule has 3 N–H and O–H groups in total. The summed E-state index contributed by atoms with van der Waals surface area (Å²) in [6.45, 7) is 0.644. The lowest BCUT2D eigenvalue weighted by Gasteiger charge is -2.39. The summed E-state index contributed by atoms with van der Waals surface area (Å²) in [6, 6.07) is -0.685. The number of aliphatic hydroxyl groups excluding tert-OH is 1. The lowest BCUT2D eigenvalue weighted by molar-refractivity contribution is -0.148. The number of ether oxygens (including phenoxy) is 1. The number of urea groups is 1. The van der Waals surface area contributed by atoms with Crippen LogP contribution in [-0.2, 0) is 9.53 Å². The molecule has 21 heavy (non-hydrogen) atoms. The number of nitrogens with zero attached hydrogens (tertiary/aromatic N) is 1. The second-order valence-electron chi connectivity index (χ2n) is 5.96. The van der Waals surface area contributed by atoms with Crippen molar-refractivity contribution in [2.24, 2.45) is 0 Å². The van der Waals surface area contributed by atoms with Crippen molar-refractivity contribution in [3.63, 3.8) is 0 Å². The minimum Gasteiger partial charge on any atom is -0.480 e. The van der Waals surface area contributed by atoms with Crippen LogP contribution in [0, 0.1) is 0 Å². The van der Waals surface area contributed by atoms with Gasteiger partial charge < -0.3 is 25.2 Å². The van der Waals surface area contributed by atoms with Crippen molar-refractivity contribution < 1.29 is 24.5 Å². The van der Waals surface area contributed by atoms with E-state index in [1.54, 1.807) is 7.05 Å². The molecule has 1 heterocycles. The number of nitrogens with one attached hydrogen (secondary N) is 1. The molecule has 2 fully saturated rings. The van der Waals surface area contributed by atoms with Gasteiger partial charge in [0, 0.05) is 33.1 Å². The van der Waals surface area contributed by atoms with Gasteiger partial charge in [-0.15, -0.1) is 0 Å². The smallest absolute Gasteiger partial charge is 0.329 e. The standard InChI is InChI=1S/C14H24N2O5/c1-16(10-4-2-3-5-11(10)17)13(20)15-14(12(18)19)6-8-21-9-7-14/h10-11,17H,2-9H2,1H3,(H,15,20)(H,18,19). The zero-order chi connectivity index (χ0) is 15.5. The van der Waals surface area contributed by atoms with E-state index < -0.39 is 23.6 Å². The monoisotopic (exact) mass is 300 g/mol. The van der Waals surface area contributed by atoms with Crippen LogP contribution in [0.25, 0.3) is 0 Å². The van der Waals surface area contributed by atoms with Gasteiger partial charge in [-0.3, -0.25) is 0 Å². The molecule has 7 heteroatoms. The molecule has 2 atom stereocenters. The molecule has 1 aliphatic carbocycles. The molecule has 0 spiro atoms. The molecular formula is C14H24N2O5. The number of hydrogen-bond acceptors (Lipinski definition) is 4. The molecule has 2 amide bonds. The average molecular weight is 300 g/mol. The molecule has 120 valence electrons. The zero-order valence-electron chi connectivity index (χ0n) is 12.4. The van der Waals surface area contributed by atoms with Gasteiger partial charge in [-0.25, -0.2) is 9.59 Å². The first-order valence-electron chi connectivity index (χ1n) is 7.50. The van der Waals surface area contributed by atoms with E-state index >= 15 is 0 Å². The highest BCUT2D eigenvalue weighted by Crippen LogP contribution is 2.25. The maximum Gasteiger partial charge on any atom is 0.329 e. The number of carboxylic acid groups (broad SMARTS) is 1. The summed E-state index contributed by atoms with van der Waals surface area (Å²) in [5, 5.41) is 22.1. The first kappa shape index (κ1) is 16.0. The van der Waals surface area contributed by atoms with Crippen LogP contribution in [0.2, 0.25) is 0 Å². The van der Waals surface area contributed by atoms with Crippen LogP contribution in [-0.4, -0.2) is 65.1 Å². The molecular weight excluding hydrogens is 276 g/mol. The summed E-state index contributed by atoms with van der Waals surface area (Å²) in [4.78, 5) is 25.4. The van der Waals surface area contributed by atoms with E-state index in [4.69, 9.17) is 4.74 Å². The highest BCUT2D eigenvalue weighted by Gasteiger charge is 2.43. The highest BCUT2D eigenvalue weighted by molar-refractivity contribution is 5.86. The molecule has 7 nitrogen and oxygen atoms in total. The Morgan fingerprint density at radius 2 is 1.86 bits per heavy atom. The van der Waals surface area contributed by atoms with Crippen LogP contribution >= 0.6 is 0 Å². The van der Waals surface area contributed by atoms with Crippen molar-refractivity contribution >= 4 is 12.0 Å². The SMILES string of the molecule is CN(C(=O)NC1(C(=O)O)CCOCC1)C1CCCCC1O. The van der Waals surface area contributed by atoms with Crippen molar-refractivity contribution in [1.29, 1.82) is 0 Å². The topological polar surface area (TPSA) is 99.1 Å². The minimum atomic E-state index is -1.26. The van der Waals surface area contributed by atoms with E-state index in [0.717, 1.165) is 19.3 Å². The van der Waals surface area contributed by atoms with E-state index in [1.807, 2.05) is 0 Å². The summed E-state index contributed by atoms with van der Waals surface area (Å²) < 4.78 is 5.18. The fraction of sp³-hybridized carbons (Fsp3) is 0.857. The number of aliphatic hydroxyl groups is 1. The van der Waals surface area contributed by atoms with Crippen LogP contribution < -0.4 is 5.32 Å². The third-order valence-corrected chi connectivity index (χ3v) is 4.61. The molecule has 0 aromatic heterocycles. The number of likely N-dealkylation sites (N-methyl/N-ethyl adjacent to an activating group) is 1. The predicted molar refractivity (Wildman–Crippen MR) is 75.0 cm³/mol. The fourth-order valence-corrected chi connectivity index (χ4v) is 3.10. The Balaban J connectivity index is 2.02. The van der Waals surface area contributed by atoms with Crippen LogP contribution in [0.4, 0.5) is 4.79 Å². The number of aliphatic carboxylic acids is 1. The Kier molecular flexibility index (Phi) is 5.05. The van der Waals surface area contributed by atoms with Crippen molar-refractivity contribution in [3.05, 3.63) is 0 Å². The van der Waals surface area contributed by atoms with Gasteiger partial charge in [-0.1, -0.05) is 12.8 Å². The molecule has 0 aromatic carbocycles. The van der Waals surface area contributed by atoms with E-state index in [9.17, 15) is 19.8 Å². The molecule has 2 aliphatic rings. The van der Waals surface area contributed by atoms with E-state index in [-0.39, 0.29) is 18.9 Å². The first-order valence-corrected chi connectivity index (χ1v) is 7.50. The fourth-order valence-electron chi connectivity index (χ4n) is 3.10. The molecule has 1 saturated heterocycles. The Morgan fingerprint density at radius 3 is 2.43 bits per heavy atom. The van der Waals surface area contributed by atoms with E-state index in [2.05, 4.69) is 5.32 Å². The quantitative estimate of drug-likeness (QED) is 0.707. The Bertz CT molecular complexity index is 395. The third kappa shape index (κ3) is 3.47. The molecule has 2 rings (SSSR count). The Labute approximate surface area is 124 Å². The predicted octanol–water partition coefficient (Wildman–Crippen LogP) is 0.565. The molecule has 0 bridgehead atoms. The summed E-state index contributed by atoms with van der Waals surface area (Å²) in [5.74, 6) is -1.03. The van der Waals surface area contributed by atoms with Gasteiger partial charge in [0.05, 0.1) is 12.1 Å². The Morgan fingerprint density at radius 1 is 1.24 bits per heavy atom. The van der Waals surface area contributed by atoms with Crippen molar-refractivity contribution in [1.82, 2.24) is 10.2 Å². The maximum atomic E-state index is 12.4. The van der Waals surface area contributed by atoms with Crippen molar-refractivity contribution in [2.45, 2.75) is 56.2 Å². The second kappa shape index (κ2) is 6.62. The van der Waals surface area contributed by atoms with Crippen molar-refractivity contribution in [3.8, 4) is 0 Å². The minimum absolute atomic E-state index is 0.246. The van der Waals surface area contributed by atoms with Gasteiger partial charge in [0.25, 0.3) is 0 Å². The van der Waals surface area contributed by atoms with Crippen molar-refractivity contribution in [2.75, 3.05) is 20.3 Å². The van der Waals surface area contributed by atoms with Gasteiger partial charge >= 0.3 is 12.0 Å². The van der Waals surface area contributed by atoms with Gasteiger partial charge in [-0.2, -0.15) is 0 Å². The molecule has 1 aliphatic heterocycles. The van der Waals surface area contributed by atoms with Crippen LogP contribution in [0.5, 0.6) is 0 Å². The molecule has 0 aromatic rings. The number of carboxylic acids is 1. The van der Waals surface area contributed by atoms with Crippen LogP contribution in [0.1, 0.15) is 38.5 Å². The molecule has 0 radical (unpaired) electrons.